The van der Waals surface area contributed by atoms with Gasteiger partial charge in [-0.15, -0.1) is 11.3 Å². The molecular formula is C18H22BrNS. The fourth-order valence-electron chi connectivity index (χ4n) is 3.28. The minimum Gasteiger partial charge on any atom is -0.310 e. The number of rotatable bonds is 4. The summed E-state index contributed by atoms with van der Waals surface area (Å²) in [7, 11) is 0. The molecule has 1 N–H and O–H groups in total. The predicted molar refractivity (Wildman–Crippen MR) is 95.2 cm³/mol. The molecule has 3 rings (SSSR count). The zero-order valence-corrected chi connectivity index (χ0v) is 15.1. The molecule has 0 bridgehead atoms. The predicted octanol–water partition coefficient (Wildman–Crippen LogP) is 5.46. The van der Waals surface area contributed by atoms with Crippen molar-refractivity contribution in [1.29, 1.82) is 0 Å². The number of halogens is 1. The third-order valence-electron chi connectivity index (χ3n) is 4.51. The first-order valence-electron chi connectivity index (χ1n) is 7.63. The summed E-state index contributed by atoms with van der Waals surface area (Å²) in [5, 5.41) is 3.76. The number of benzene rings is 1. The monoisotopic (exact) mass is 363 g/mol. The Kier molecular flexibility index (Phi) is 4.53. The van der Waals surface area contributed by atoms with E-state index in [1.165, 1.54) is 32.6 Å². The van der Waals surface area contributed by atoms with Gasteiger partial charge in [0.25, 0.3) is 0 Å². The lowest BCUT2D eigenvalue weighted by molar-refractivity contribution is 0.360. The second-order valence-corrected chi connectivity index (χ2v) is 9.02. The Morgan fingerprint density at radius 3 is 2.81 bits per heavy atom. The van der Waals surface area contributed by atoms with Crippen LogP contribution in [0.3, 0.4) is 0 Å². The molecule has 1 heterocycles. The standard InChI is InChI=1S/C18H22BrNS/c1-18(2)11-9-16(14-5-3-4-6-15(14)18)20-12-10-13-7-8-17(19)21-13/h3-8,16,20H,9-12H2,1-2H3. The molecule has 1 nitrogen and oxygen atoms in total. The molecule has 2 aromatic rings. The second kappa shape index (κ2) is 6.23. The van der Waals surface area contributed by atoms with Crippen molar-refractivity contribution in [2.75, 3.05) is 6.54 Å². The molecule has 1 aliphatic rings. The highest BCUT2D eigenvalue weighted by Crippen LogP contribution is 2.41. The average molecular weight is 364 g/mol. The van der Waals surface area contributed by atoms with Gasteiger partial charge in [0.15, 0.2) is 0 Å². The van der Waals surface area contributed by atoms with Crippen LogP contribution in [-0.2, 0) is 11.8 Å². The highest BCUT2D eigenvalue weighted by atomic mass is 79.9. The lowest BCUT2D eigenvalue weighted by atomic mass is 9.71. The second-order valence-electron chi connectivity index (χ2n) is 6.47. The van der Waals surface area contributed by atoms with Crippen LogP contribution in [0.1, 0.15) is 48.7 Å². The quantitative estimate of drug-likeness (QED) is 0.760. The zero-order chi connectivity index (χ0) is 14.9. The average Bonchev–Trinajstić information content (AvgIpc) is 2.87. The van der Waals surface area contributed by atoms with Crippen LogP contribution in [-0.4, -0.2) is 6.54 Å². The fourth-order valence-corrected chi connectivity index (χ4v) is 4.76. The van der Waals surface area contributed by atoms with Gasteiger partial charge in [0.1, 0.15) is 0 Å². The van der Waals surface area contributed by atoms with E-state index in [-0.39, 0.29) is 0 Å². The van der Waals surface area contributed by atoms with Gasteiger partial charge in [0.2, 0.25) is 0 Å². The number of fused-ring (bicyclic) bond motifs is 1. The summed E-state index contributed by atoms with van der Waals surface area (Å²) < 4.78 is 1.22. The molecule has 21 heavy (non-hydrogen) atoms. The van der Waals surface area contributed by atoms with Crippen molar-refractivity contribution in [3.8, 4) is 0 Å². The SMILES string of the molecule is CC1(C)CCC(NCCc2ccc(Br)s2)c2ccccc21. The van der Waals surface area contributed by atoms with Gasteiger partial charge in [-0.1, -0.05) is 38.1 Å². The van der Waals surface area contributed by atoms with E-state index in [9.17, 15) is 0 Å². The van der Waals surface area contributed by atoms with Gasteiger partial charge in [-0.3, -0.25) is 0 Å². The molecular weight excluding hydrogens is 342 g/mol. The topological polar surface area (TPSA) is 12.0 Å². The van der Waals surface area contributed by atoms with Crippen LogP contribution < -0.4 is 5.32 Å². The number of hydrogen-bond acceptors (Lipinski definition) is 2. The normalized spacial score (nSPS) is 20.2. The van der Waals surface area contributed by atoms with E-state index in [0.29, 0.717) is 11.5 Å². The summed E-state index contributed by atoms with van der Waals surface area (Å²) in [4.78, 5) is 1.44. The Bertz CT molecular complexity index is 617. The van der Waals surface area contributed by atoms with Gasteiger partial charge in [0, 0.05) is 17.5 Å². The van der Waals surface area contributed by atoms with Crippen molar-refractivity contribution in [3.63, 3.8) is 0 Å². The van der Waals surface area contributed by atoms with Gasteiger partial charge in [-0.05, 0) is 63.9 Å². The summed E-state index contributed by atoms with van der Waals surface area (Å²) in [6.07, 6.45) is 3.60. The van der Waals surface area contributed by atoms with E-state index >= 15 is 0 Å². The van der Waals surface area contributed by atoms with Crippen LogP contribution >= 0.6 is 27.3 Å². The first-order valence-corrected chi connectivity index (χ1v) is 9.24. The largest absolute Gasteiger partial charge is 0.310 e. The van der Waals surface area contributed by atoms with E-state index in [4.69, 9.17) is 0 Å². The molecule has 0 fully saturated rings. The zero-order valence-electron chi connectivity index (χ0n) is 12.7. The Morgan fingerprint density at radius 1 is 1.24 bits per heavy atom. The molecule has 0 spiro atoms. The summed E-state index contributed by atoms with van der Waals surface area (Å²) in [6, 6.07) is 13.8. The molecule has 1 unspecified atom stereocenters. The van der Waals surface area contributed by atoms with Crippen LogP contribution in [0.2, 0.25) is 0 Å². The maximum atomic E-state index is 3.76. The number of hydrogen-bond donors (Lipinski definition) is 1. The van der Waals surface area contributed by atoms with Gasteiger partial charge in [-0.25, -0.2) is 0 Å². The van der Waals surface area contributed by atoms with Crippen molar-refractivity contribution in [2.45, 2.75) is 44.6 Å². The molecule has 0 saturated carbocycles. The van der Waals surface area contributed by atoms with E-state index < -0.39 is 0 Å². The van der Waals surface area contributed by atoms with E-state index in [1.807, 2.05) is 11.3 Å². The lowest BCUT2D eigenvalue weighted by Crippen LogP contribution is -2.33. The molecule has 3 heteroatoms. The maximum Gasteiger partial charge on any atom is 0.0701 e. The van der Waals surface area contributed by atoms with Gasteiger partial charge >= 0.3 is 0 Å². The number of thiophene rings is 1. The third-order valence-corrected chi connectivity index (χ3v) is 6.20. The Balaban J connectivity index is 1.66. The molecule has 1 atom stereocenters. The van der Waals surface area contributed by atoms with Crippen LogP contribution in [0.5, 0.6) is 0 Å². The highest BCUT2D eigenvalue weighted by molar-refractivity contribution is 9.11. The fraction of sp³-hybridized carbons (Fsp3) is 0.444. The minimum atomic E-state index is 0.313. The molecule has 0 aliphatic heterocycles. The van der Waals surface area contributed by atoms with Crippen LogP contribution in [0.4, 0.5) is 0 Å². The molecule has 0 radical (unpaired) electrons. The summed E-state index contributed by atoms with van der Waals surface area (Å²) in [5.74, 6) is 0. The third kappa shape index (κ3) is 3.41. The van der Waals surface area contributed by atoms with Gasteiger partial charge in [-0.2, -0.15) is 0 Å². The first kappa shape index (κ1) is 15.3. The smallest absolute Gasteiger partial charge is 0.0701 e. The highest BCUT2D eigenvalue weighted by Gasteiger charge is 2.31. The first-order chi connectivity index (χ1) is 10.1. The summed E-state index contributed by atoms with van der Waals surface area (Å²) in [5.41, 5.74) is 3.33. The Labute approximate surface area is 139 Å². The van der Waals surface area contributed by atoms with E-state index in [0.717, 1.165) is 13.0 Å². The van der Waals surface area contributed by atoms with E-state index in [2.05, 4.69) is 71.5 Å². The summed E-state index contributed by atoms with van der Waals surface area (Å²) >= 11 is 5.37. The molecule has 0 saturated heterocycles. The van der Waals surface area contributed by atoms with Crippen molar-refractivity contribution in [2.24, 2.45) is 0 Å². The van der Waals surface area contributed by atoms with Crippen molar-refractivity contribution in [1.82, 2.24) is 5.32 Å². The molecule has 112 valence electrons. The van der Waals surface area contributed by atoms with Crippen LogP contribution in [0.15, 0.2) is 40.2 Å². The lowest BCUT2D eigenvalue weighted by Gasteiger charge is -2.37. The molecule has 1 aromatic carbocycles. The molecule has 0 amide bonds. The molecule has 1 aliphatic carbocycles. The minimum absolute atomic E-state index is 0.313. The van der Waals surface area contributed by atoms with Crippen molar-refractivity contribution >= 4 is 27.3 Å². The van der Waals surface area contributed by atoms with Crippen molar-refractivity contribution in [3.05, 3.63) is 56.2 Å². The van der Waals surface area contributed by atoms with E-state index in [1.54, 1.807) is 0 Å². The summed E-state index contributed by atoms with van der Waals surface area (Å²) in [6.45, 7) is 5.78. The van der Waals surface area contributed by atoms with Crippen LogP contribution in [0, 0.1) is 0 Å². The van der Waals surface area contributed by atoms with Crippen molar-refractivity contribution < 1.29 is 0 Å². The maximum absolute atomic E-state index is 3.76. The van der Waals surface area contributed by atoms with Gasteiger partial charge < -0.3 is 5.32 Å². The van der Waals surface area contributed by atoms with Gasteiger partial charge in [0.05, 0.1) is 3.79 Å². The number of nitrogens with one attached hydrogen (secondary N) is 1. The Morgan fingerprint density at radius 2 is 2.05 bits per heavy atom. The Hall–Kier alpha value is -0.640. The molecule has 1 aromatic heterocycles. The van der Waals surface area contributed by atoms with Crippen LogP contribution in [0.25, 0.3) is 0 Å².